The van der Waals surface area contributed by atoms with Crippen molar-refractivity contribution in [2.75, 3.05) is 13.1 Å². The zero-order valence-electron chi connectivity index (χ0n) is 10.9. The molecule has 1 aromatic rings. The molecule has 2 rings (SSSR count). The largest absolute Gasteiger partial charge is 0.352 e. The van der Waals surface area contributed by atoms with Gasteiger partial charge >= 0.3 is 0 Å². The van der Waals surface area contributed by atoms with Crippen LogP contribution in [0.5, 0.6) is 0 Å². The summed E-state index contributed by atoms with van der Waals surface area (Å²) in [5.74, 6) is -0.386. The highest BCUT2D eigenvalue weighted by molar-refractivity contribution is 5.94. The standard InChI is InChI=1S/C13H19FN4O/c1-9-10(7-17-18-9)3-2-5-16-13(19)11-4-6-15-8-12(11)14/h4,6,8-10,17-18H,2-3,5,7H2,1H3,(H,16,19). The van der Waals surface area contributed by atoms with Crippen LogP contribution in [-0.4, -0.2) is 30.0 Å². The summed E-state index contributed by atoms with van der Waals surface area (Å²) in [6, 6.07) is 1.84. The number of pyridine rings is 1. The molecule has 0 saturated carbocycles. The molecule has 2 heterocycles. The summed E-state index contributed by atoms with van der Waals surface area (Å²) in [6.07, 6.45) is 4.37. The Morgan fingerprint density at radius 3 is 3.16 bits per heavy atom. The SMILES string of the molecule is CC1NNCC1CCCNC(=O)c1ccncc1F. The minimum atomic E-state index is -0.585. The minimum absolute atomic E-state index is 0.0487. The fourth-order valence-electron chi connectivity index (χ4n) is 2.22. The van der Waals surface area contributed by atoms with Gasteiger partial charge < -0.3 is 5.32 Å². The van der Waals surface area contributed by atoms with Crippen LogP contribution in [0.1, 0.15) is 30.1 Å². The smallest absolute Gasteiger partial charge is 0.254 e. The van der Waals surface area contributed by atoms with E-state index in [4.69, 9.17) is 0 Å². The van der Waals surface area contributed by atoms with Crippen molar-refractivity contribution in [1.29, 1.82) is 0 Å². The zero-order valence-corrected chi connectivity index (χ0v) is 10.9. The van der Waals surface area contributed by atoms with Gasteiger partial charge in [0.25, 0.3) is 5.91 Å². The van der Waals surface area contributed by atoms with Crippen molar-refractivity contribution in [2.45, 2.75) is 25.8 Å². The van der Waals surface area contributed by atoms with Gasteiger partial charge in [0.2, 0.25) is 0 Å². The molecular formula is C13H19FN4O. The van der Waals surface area contributed by atoms with E-state index in [-0.39, 0.29) is 11.5 Å². The van der Waals surface area contributed by atoms with Gasteiger partial charge in [0.1, 0.15) is 0 Å². The van der Waals surface area contributed by atoms with Crippen LogP contribution < -0.4 is 16.2 Å². The maximum atomic E-state index is 13.3. The molecular weight excluding hydrogens is 247 g/mol. The predicted molar refractivity (Wildman–Crippen MR) is 69.9 cm³/mol. The fraction of sp³-hybridized carbons (Fsp3) is 0.538. The van der Waals surface area contributed by atoms with Crippen molar-refractivity contribution < 1.29 is 9.18 Å². The number of hydrogen-bond donors (Lipinski definition) is 3. The third-order valence-corrected chi connectivity index (χ3v) is 3.46. The summed E-state index contributed by atoms with van der Waals surface area (Å²) in [4.78, 5) is 15.3. The van der Waals surface area contributed by atoms with Crippen LogP contribution in [0.4, 0.5) is 4.39 Å². The second-order valence-electron chi connectivity index (χ2n) is 4.83. The summed E-state index contributed by atoms with van der Waals surface area (Å²) in [6.45, 7) is 3.65. The number of aromatic nitrogens is 1. The van der Waals surface area contributed by atoms with Crippen LogP contribution in [0, 0.1) is 11.7 Å². The van der Waals surface area contributed by atoms with E-state index < -0.39 is 5.82 Å². The van der Waals surface area contributed by atoms with Crippen LogP contribution in [-0.2, 0) is 0 Å². The molecule has 2 atom stereocenters. The molecule has 1 fully saturated rings. The molecule has 0 spiro atoms. The van der Waals surface area contributed by atoms with Crippen LogP contribution in [0.2, 0.25) is 0 Å². The molecule has 1 aliphatic rings. The predicted octanol–water partition coefficient (Wildman–Crippen LogP) is 0.843. The van der Waals surface area contributed by atoms with Gasteiger partial charge in [-0.15, -0.1) is 0 Å². The number of rotatable bonds is 5. The highest BCUT2D eigenvalue weighted by Crippen LogP contribution is 2.13. The quantitative estimate of drug-likeness (QED) is 0.691. The van der Waals surface area contributed by atoms with E-state index in [1.807, 2.05) is 0 Å². The van der Waals surface area contributed by atoms with Gasteiger partial charge in [-0.3, -0.25) is 20.6 Å². The highest BCUT2D eigenvalue weighted by atomic mass is 19.1. The zero-order chi connectivity index (χ0) is 13.7. The Hall–Kier alpha value is -1.53. The van der Waals surface area contributed by atoms with E-state index in [0.717, 1.165) is 25.6 Å². The number of nitrogens with one attached hydrogen (secondary N) is 3. The topological polar surface area (TPSA) is 66.0 Å². The summed E-state index contributed by atoms with van der Waals surface area (Å²) < 4.78 is 13.3. The maximum absolute atomic E-state index is 13.3. The third kappa shape index (κ3) is 3.71. The van der Waals surface area contributed by atoms with Gasteiger partial charge in [0.15, 0.2) is 5.82 Å². The van der Waals surface area contributed by atoms with Gasteiger partial charge in [-0.05, 0) is 31.7 Å². The van der Waals surface area contributed by atoms with E-state index in [1.54, 1.807) is 0 Å². The molecule has 0 radical (unpaired) electrons. The number of carbonyl (C=O) groups excluding carboxylic acids is 1. The van der Waals surface area contributed by atoms with Crippen molar-refractivity contribution in [2.24, 2.45) is 5.92 Å². The molecule has 1 amide bonds. The molecule has 0 bridgehead atoms. The Balaban J connectivity index is 1.71. The molecule has 0 aromatic carbocycles. The number of hydrogen-bond acceptors (Lipinski definition) is 4. The lowest BCUT2D eigenvalue weighted by molar-refractivity contribution is 0.0948. The van der Waals surface area contributed by atoms with Crippen LogP contribution in [0.25, 0.3) is 0 Å². The molecule has 1 aliphatic heterocycles. The van der Waals surface area contributed by atoms with E-state index >= 15 is 0 Å². The van der Waals surface area contributed by atoms with Gasteiger partial charge in [0.05, 0.1) is 11.8 Å². The second-order valence-corrected chi connectivity index (χ2v) is 4.83. The summed E-state index contributed by atoms with van der Waals surface area (Å²) in [7, 11) is 0. The summed E-state index contributed by atoms with van der Waals surface area (Å²) in [5.41, 5.74) is 6.32. The maximum Gasteiger partial charge on any atom is 0.254 e. The Morgan fingerprint density at radius 2 is 2.47 bits per heavy atom. The first-order valence-electron chi connectivity index (χ1n) is 6.54. The molecule has 3 N–H and O–H groups in total. The highest BCUT2D eigenvalue weighted by Gasteiger charge is 2.21. The first kappa shape index (κ1) is 13.9. The number of amides is 1. The second kappa shape index (κ2) is 6.58. The molecule has 2 unspecified atom stereocenters. The van der Waals surface area contributed by atoms with Crippen LogP contribution >= 0.6 is 0 Å². The molecule has 1 aromatic heterocycles. The summed E-state index contributed by atoms with van der Waals surface area (Å²) >= 11 is 0. The lowest BCUT2D eigenvalue weighted by Gasteiger charge is -2.13. The number of halogens is 1. The Labute approximate surface area is 112 Å². The molecule has 1 saturated heterocycles. The first-order valence-corrected chi connectivity index (χ1v) is 6.54. The molecule has 104 valence electrons. The van der Waals surface area contributed by atoms with Gasteiger partial charge in [-0.2, -0.15) is 0 Å². The van der Waals surface area contributed by atoms with Gasteiger partial charge in [0, 0.05) is 25.3 Å². The van der Waals surface area contributed by atoms with E-state index in [2.05, 4.69) is 28.1 Å². The van der Waals surface area contributed by atoms with E-state index in [1.165, 1.54) is 12.3 Å². The molecule has 19 heavy (non-hydrogen) atoms. The number of carbonyl (C=O) groups is 1. The normalized spacial score (nSPS) is 22.4. The first-order chi connectivity index (χ1) is 9.18. The van der Waals surface area contributed by atoms with Gasteiger partial charge in [-0.25, -0.2) is 4.39 Å². The third-order valence-electron chi connectivity index (χ3n) is 3.46. The molecule has 0 aliphatic carbocycles. The summed E-state index contributed by atoms with van der Waals surface area (Å²) in [5, 5.41) is 2.73. The minimum Gasteiger partial charge on any atom is -0.352 e. The van der Waals surface area contributed by atoms with Crippen molar-refractivity contribution >= 4 is 5.91 Å². The van der Waals surface area contributed by atoms with Crippen molar-refractivity contribution in [1.82, 2.24) is 21.2 Å². The average molecular weight is 266 g/mol. The number of hydrazine groups is 1. The average Bonchev–Trinajstić information content (AvgIpc) is 2.80. The lowest BCUT2D eigenvalue weighted by Crippen LogP contribution is -2.29. The Kier molecular flexibility index (Phi) is 4.81. The van der Waals surface area contributed by atoms with Crippen molar-refractivity contribution in [3.63, 3.8) is 0 Å². The molecule has 5 nitrogen and oxygen atoms in total. The van der Waals surface area contributed by atoms with Crippen molar-refractivity contribution in [3.8, 4) is 0 Å². The fourth-order valence-corrected chi connectivity index (χ4v) is 2.22. The monoisotopic (exact) mass is 266 g/mol. The lowest BCUT2D eigenvalue weighted by atomic mass is 9.98. The Bertz CT molecular complexity index is 440. The van der Waals surface area contributed by atoms with Crippen LogP contribution in [0.15, 0.2) is 18.5 Å². The van der Waals surface area contributed by atoms with Crippen molar-refractivity contribution in [3.05, 3.63) is 29.8 Å². The molecule has 6 heteroatoms. The van der Waals surface area contributed by atoms with E-state index in [0.29, 0.717) is 18.5 Å². The Morgan fingerprint density at radius 1 is 1.63 bits per heavy atom. The van der Waals surface area contributed by atoms with Crippen LogP contribution in [0.3, 0.4) is 0 Å². The van der Waals surface area contributed by atoms with E-state index in [9.17, 15) is 9.18 Å². The number of nitrogens with zero attached hydrogens (tertiary/aromatic N) is 1. The van der Waals surface area contributed by atoms with Gasteiger partial charge in [-0.1, -0.05) is 0 Å².